The predicted octanol–water partition coefficient (Wildman–Crippen LogP) is 5.49. The van der Waals surface area contributed by atoms with E-state index in [1.165, 1.54) is 6.20 Å². The van der Waals surface area contributed by atoms with Gasteiger partial charge in [0, 0.05) is 29.1 Å². The topological polar surface area (TPSA) is 68.3 Å². The van der Waals surface area contributed by atoms with Crippen molar-refractivity contribution in [3.63, 3.8) is 0 Å². The Balaban J connectivity index is 1.69. The molecule has 4 rings (SSSR count). The minimum Gasteiger partial charge on any atom is -0.496 e. The van der Waals surface area contributed by atoms with E-state index in [1.807, 2.05) is 60.7 Å². The van der Waals surface area contributed by atoms with Crippen LogP contribution in [0.2, 0.25) is 0 Å². The Hall–Kier alpha value is -4.25. The summed E-state index contributed by atoms with van der Waals surface area (Å²) in [4.78, 5) is 28.9. The molecule has 0 aliphatic heterocycles. The van der Waals surface area contributed by atoms with E-state index >= 15 is 0 Å². The van der Waals surface area contributed by atoms with Crippen LogP contribution in [0.1, 0.15) is 20.7 Å². The molecule has 31 heavy (non-hydrogen) atoms. The summed E-state index contributed by atoms with van der Waals surface area (Å²) in [7, 11) is 1.55. The van der Waals surface area contributed by atoms with E-state index in [9.17, 15) is 9.59 Å². The largest absolute Gasteiger partial charge is 0.496 e. The summed E-state index contributed by atoms with van der Waals surface area (Å²) < 4.78 is 5.47. The van der Waals surface area contributed by atoms with Gasteiger partial charge in [0.25, 0.3) is 5.91 Å². The van der Waals surface area contributed by atoms with E-state index in [2.05, 4.69) is 10.3 Å². The Morgan fingerprint density at radius 2 is 1.55 bits per heavy atom. The van der Waals surface area contributed by atoms with Gasteiger partial charge in [0.15, 0.2) is 6.29 Å². The second-order valence-electron chi connectivity index (χ2n) is 6.91. The van der Waals surface area contributed by atoms with Gasteiger partial charge in [0.1, 0.15) is 5.75 Å². The van der Waals surface area contributed by atoms with Crippen LogP contribution in [-0.4, -0.2) is 24.3 Å². The van der Waals surface area contributed by atoms with Crippen molar-refractivity contribution in [2.45, 2.75) is 0 Å². The summed E-state index contributed by atoms with van der Waals surface area (Å²) in [6.45, 7) is 0. The van der Waals surface area contributed by atoms with Gasteiger partial charge < -0.3 is 10.1 Å². The number of carbonyl (C=O) groups is 2. The highest BCUT2D eigenvalue weighted by molar-refractivity contribution is 6.07. The first kappa shape index (κ1) is 20.0. The average Bonchev–Trinajstić information content (AvgIpc) is 2.85. The molecule has 0 fully saturated rings. The number of amides is 1. The molecule has 0 atom stereocenters. The summed E-state index contributed by atoms with van der Waals surface area (Å²) in [6.07, 6.45) is 3.92. The monoisotopic (exact) mass is 408 g/mol. The molecular formula is C26H20N2O3. The molecule has 0 aliphatic carbocycles. The van der Waals surface area contributed by atoms with Gasteiger partial charge in [0.05, 0.1) is 18.4 Å². The van der Waals surface area contributed by atoms with Gasteiger partial charge in [-0.05, 0) is 29.3 Å². The first-order valence-corrected chi connectivity index (χ1v) is 9.74. The van der Waals surface area contributed by atoms with Gasteiger partial charge in [-0.25, -0.2) is 0 Å². The molecular weight excluding hydrogens is 388 g/mol. The average molecular weight is 408 g/mol. The lowest BCUT2D eigenvalue weighted by Gasteiger charge is -2.14. The molecule has 0 radical (unpaired) electrons. The van der Waals surface area contributed by atoms with E-state index in [1.54, 1.807) is 31.5 Å². The number of nitrogens with one attached hydrogen (secondary N) is 1. The van der Waals surface area contributed by atoms with Crippen molar-refractivity contribution in [2.75, 3.05) is 12.4 Å². The molecule has 0 unspecified atom stereocenters. The highest BCUT2D eigenvalue weighted by atomic mass is 16.5. The third-order valence-electron chi connectivity index (χ3n) is 4.94. The molecule has 1 amide bonds. The lowest BCUT2D eigenvalue weighted by molar-refractivity contribution is 0.102. The first-order valence-electron chi connectivity index (χ1n) is 9.74. The van der Waals surface area contributed by atoms with Crippen LogP contribution in [0, 0.1) is 0 Å². The smallest absolute Gasteiger partial charge is 0.257 e. The number of carbonyl (C=O) groups excluding carboxylic acids is 2. The molecule has 0 saturated heterocycles. The molecule has 5 heteroatoms. The van der Waals surface area contributed by atoms with Crippen molar-refractivity contribution in [2.24, 2.45) is 0 Å². The van der Waals surface area contributed by atoms with Crippen LogP contribution in [0.25, 0.3) is 22.3 Å². The summed E-state index contributed by atoms with van der Waals surface area (Å²) in [5.41, 5.74) is 4.63. The maximum atomic E-state index is 13.0. The summed E-state index contributed by atoms with van der Waals surface area (Å²) >= 11 is 0. The molecule has 1 N–H and O–H groups in total. The van der Waals surface area contributed by atoms with E-state index in [4.69, 9.17) is 4.74 Å². The van der Waals surface area contributed by atoms with Gasteiger partial charge in [-0.2, -0.15) is 0 Å². The lowest BCUT2D eigenvalue weighted by Crippen LogP contribution is -2.14. The summed E-state index contributed by atoms with van der Waals surface area (Å²) in [5.74, 6) is 0.205. The highest BCUT2D eigenvalue weighted by Crippen LogP contribution is 2.34. The zero-order valence-electron chi connectivity index (χ0n) is 16.9. The predicted molar refractivity (Wildman–Crippen MR) is 121 cm³/mol. The van der Waals surface area contributed by atoms with Crippen LogP contribution in [-0.2, 0) is 0 Å². The van der Waals surface area contributed by atoms with Crippen molar-refractivity contribution in [3.05, 3.63) is 102 Å². The van der Waals surface area contributed by atoms with Crippen molar-refractivity contribution in [1.82, 2.24) is 4.98 Å². The summed E-state index contributed by atoms with van der Waals surface area (Å²) in [6, 6.07) is 24.5. The van der Waals surface area contributed by atoms with Crippen molar-refractivity contribution >= 4 is 17.9 Å². The van der Waals surface area contributed by atoms with Gasteiger partial charge in [-0.1, -0.05) is 60.7 Å². The SMILES string of the molecule is COc1cc(C=O)c(NC(=O)c2cncc(-c3ccccc3)c2)cc1-c1ccccc1. The Kier molecular flexibility index (Phi) is 5.85. The first-order chi connectivity index (χ1) is 15.2. The molecule has 0 saturated carbocycles. The Morgan fingerprint density at radius 3 is 2.19 bits per heavy atom. The molecule has 1 aromatic heterocycles. The molecule has 3 aromatic carbocycles. The fourth-order valence-electron chi connectivity index (χ4n) is 3.36. The van der Waals surface area contributed by atoms with Crippen molar-refractivity contribution < 1.29 is 14.3 Å². The molecule has 152 valence electrons. The zero-order chi connectivity index (χ0) is 21.6. The second kappa shape index (κ2) is 9.05. The molecule has 0 aliphatic rings. The molecule has 0 bridgehead atoms. The molecule has 4 aromatic rings. The lowest BCUT2D eigenvalue weighted by atomic mass is 10.0. The summed E-state index contributed by atoms with van der Waals surface area (Å²) in [5, 5.41) is 2.85. The normalized spacial score (nSPS) is 10.4. The van der Waals surface area contributed by atoms with Gasteiger partial charge >= 0.3 is 0 Å². The Labute approximate surface area is 180 Å². The number of hydrogen-bond donors (Lipinski definition) is 1. The van der Waals surface area contributed by atoms with E-state index in [0.717, 1.165) is 22.3 Å². The maximum absolute atomic E-state index is 13.0. The van der Waals surface area contributed by atoms with Crippen LogP contribution in [0.3, 0.4) is 0 Å². The highest BCUT2D eigenvalue weighted by Gasteiger charge is 2.15. The standard InChI is InChI=1S/C26H20N2O3/c1-31-25-13-22(17-29)24(14-23(25)19-10-6-3-7-11-19)28-26(30)21-12-20(15-27-16-21)18-8-4-2-5-9-18/h2-17H,1H3,(H,28,30). The Bertz CT molecular complexity index is 1220. The fraction of sp³-hybridized carbons (Fsp3) is 0.0385. The minimum atomic E-state index is -0.349. The van der Waals surface area contributed by atoms with Crippen LogP contribution in [0.15, 0.2) is 91.3 Å². The Morgan fingerprint density at radius 1 is 0.871 bits per heavy atom. The van der Waals surface area contributed by atoms with Crippen molar-refractivity contribution in [1.29, 1.82) is 0 Å². The van der Waals surface area contributed by atoms with Crippen molar-refractivity contribution in [3.8, 4) is 28.0 Å². The number of methoxy groups -OCH3 is 1. The van der Waals surface area contributed by atoms with E-state index < -0.39 is 0 Å². The van der Waals surface area contributed by atoms with Crippen LogP contribution < -0.4 is 10.1 Å². The number of aldehydes is 1. The third-order valence-corrected chi connectivity index (χ3v) is 4.94. The molecule has 0 spiro atoms. The number of ether oxygens (including phenoxy) is 1. The zero-order valence-corrected chi connectivity index (χ0v) is 16.9. The minimum absolute atomic E-state index is 0.331. The molecule has 1 heterocycles. The number of pyridine rings is 1. The number of aromatic nitrogens is 1. The quantitative estimate of drug-likeness (QED) is 0.429. The second-order valence-corrected chi connectivity index (χ2v) is 6.91. The van der Waals surface area contributed by atoms with E-state index in [-0.39, 0.29) is 5.91 Å². The third kappa shape index (κ3) is 4.36. The number of nitrogens with zero attached hydrogens (tertiary/aromatic N) is 1. The fourth-order valence-corrected chi connectivity index (χ4v) is 3.36. The van der Waals surface area contributed by atoms with Crippen LogP contribution in [0.4, 0.5) is 5.69 Å². The van der Waals surface area contributed by atoms with Gasteiger partial charge in [-0.15, -0.1) is 0 Å². The van der Waals surface area contributed by atoms with E-state index in [0.29, 0.717) is 28.8 Å². The number of anilines is 1. The van der Waals surface area contributed by atoms with Gasteiger partial charge in [0.2, 0.25) is 0 Å². The maximum Gasteiger partial charge on any atom is 0.257 e. The van der Waals surface area contributed by atoms with Crippen LogP contribution in [0.5, 0.6) is 5.75 Å². The number of rotatable bonds is 6. The van der Waals surface area contributed by atoms with Gasteiger partial charge in [-0.3, -0.25) is 14.6 Å². The molecule has 5 nitrogen and oxygen atoms in total. The number of benzene rings is 3. The van der Waals surface area contributed by atoms with Crippen LogP contribution >= 0.6 is 0 Å². The number of hydrogen-bond acceptors (Lipinski definition) is 4.